The van der Waals surface area contributed by atoms with E-state index >= 15 is 0 Å². The number of anilines is 1. The molecule has 0 radical (unpaired) electrons. The van der Waals surface area contributed by atoms with Crippen molar-refractivity contribution in [1.82, 2.24) is 0 Å². The van der Waals surface area contributed by atoms with E-state index in [4.69, 9.17) is 0 Å². The van der Waals surface area contributed by atoms with Crippen LogP contribution >= 0.6 is 11.3 Å². The lowest BCUT2D eigenvalue weighted by Gasteiger charge is -1.99. The van der Waals surface area contributed by atoms with Crippen LogP contribution in [0, 0.1) is 6.92 Å². The first-order chi connectivity index (χ1) is 5.81. The molecule has 12 heavy (non-hydrogen) atoms. The average Bonchev–Trinajstić information content (AvgIpc) is 2.47. The zero-order valence-corrected chi connectivity index (χ0v) is 8.03. The Hall–Kier alpha value is -1.02. The van der Waals surface area contributed by atoms with Crippen molar-refractivity contribution in [2.24, 2.45) is 0 Å². The van der Waals surface area contributed by atoms with Crippen molar-refractivity contribution in [2.75, 3.05) is 12.4 Å². The summed E-state index contributed by atoms with van der Waals surface area (Å²) < 4.78 is 1.37. The summed E-state index contributed by atoms with van der Waals surface area (Å²) in [5.74, 6) is 0. The Labute approximate surface area is 76.0 Å². The van der Waals surface area contributed by atoms with Gasteiger partial charge in [-0.05, 0) is 41.5 Å². The van der Waals surface area contributed by atoms with Crippen molar-refractivity contribution in [2.45, 2.75) is 6.92 Å². The van der Waals surface area contributed by atoms with Gasteiger partial charge in [-0.25, -0.2) is 0 Å². The highest BCUT2D eigenvalue weighted by Crippen LogP contribution is 2.27. The van der Waals surface area contributed by atoms with Gasteiger partial charge in [-0.3, -0.25) is 0 Å². The predicted octanol–water partition coefficient (Wildman–Crippen LogP) is 3.25. The number of rotatable bonds is 1. The molecular weight excluding hydrogens is 166 g/mol. The summed E-state index contributed by atoms with van der Waals surface area (Å²) in [7, 11) is 1.95. The van der Waals surface area contributed by atoms with Gasteiger partial charge in [-0.2, -0.15) is 0 Å². The van der Waals surface area contributed by atoms with Crippen LogP contribution in [0.15, 0.2) is 23.6 Å². The highest BCUT2D eigenvalue weighted by atomic mass is 32.1. The van der Waals surface area contributed by atoms with Crippen molar-refractivity contribution < 1.29 is 0 Å². The minimum atomic E-state index is 1.18. The van der Waals surface area contributed by atoms with Gasteiger partial charge in [0.05, 0.1) is 0 Å². The first kappa shape index (κ1) is 7.62. The zero-order valence-electron chi connectivity index (χ0n) is 7.22. The molecule has 1 nitrogen and oxygen atoms in total. The first-order valence-corrected chi connectivity index (χ1v) is 4.85. The molecule has 1 aromatic heterocycles. The fourth-order valence-electron chi connectivity index (χ4n) is 1.31. The van der Waals surface area contributed by atoms with Crippen LogP contribution in [0.2, 0.25) is 0 Å². The third kappa shape index (κ3) is 1.08. The van der Waals surface area contributed by atoms with Gasteiger partial charge in [0.1, 0.15) is 0 Å². The van der Waals surface area contributed by atoms with E-state index in [9.17, 15) is 0 Å². The molecule has 1 aromatic carbocycles. The Kier molecular flexibility index (Phi) is 1.77. The summed E-state index contributed by atoms with van der Waals surface area (Å²) in [6.45, 7) is 2.15. The van der Waals surface area contributed by atoms with Gasteiger partial charge in [-0.1, -0.05) is 0 Å². The summed E-state index contributed by atoms with van der Waals surface area (Å²) >= 11 is 1.81. The number of hydrogen-bond donors (Lipinski definition) is 1. The maximum absolute atomic E-state index is 3.14. The van der Waals surface area contributed by atoms with E-state index in [1.807, 2.05) is 7.05 Å². The molecule has 0 atom stereocenters. The zero-order chi connectivity index (χ0) is 8.55. The molecule has 62 valence electrons. The number of fused-ring (bicyclic) bond motifs is 1. The molecule has 0 bridgehead atoms. The fraction of sp³-hybridized carbons (Fsp3) is 0.200. The SMILES string of the molecule is CNc1ccc2scc(C)c2c1. The van der Waals surface area contributed by atoms with Crippen LogP contribution in [0.1, 0.15) is 5.56 Å². The maximum Gasteiger partial charge on any atom is 0.0346 e. The average molecular weight is 177 g/mol. The Morgan fingerprint density at radius 3 is 2.92 bits per heavy atom. The fourth-order valence-corrected chi connectivity index (χ4v) is 2.24. The van der Waals surface area contributed by atoms with Crippen molar-refractivity contribution in [3.8, 4) is 0 Å². The second-order valence-electron chi connectivity index (χ2n) is 2.88. The van der Waals surface area contributed by atoms with Gasteiger partial charge in [0.2, 0.25) is 0 Å². The third-order valence-corrected chi connectivity index (χ3v) is 3.14. The van der Waals surface area contributed by atoms with E-state index in [1.165, 1.54) is 21.3 Å². The van der Waals surface area contributed by atoms with Gasteiger partial charge < -0.3 is 5.32 Å². The molecule has 0 saturated heterocycles. The van der Waals surface area contributed by atoms with Crippen LogP contribution in [0.25, 0.3) is 10.1 Å². The third-order valence-electron chi connectivity index (χ3n) is 2.06. The molecule has 2 rings (SSSR count). The van der Waals surface area contributed by atoms with Crippen molar-refractivity contribution in [3.05, 3.63) is 29.1 Å². The van der Waals surface area contributed by atoms with E-state index in [-0.39, 0.29) is 0 Å². The Morgan fingerprint density at radius 1 is 1.33 bits per heavy atom. The Morgan fingerprint density at radius 2 is 2.17 bits per heavy atom. The molecule has 0 saturated carbocycles. The molecule has 0 aliphatic carbocycles. The maximum atomic E-state index is 3.14. The minimum absolute atomic E-state index is 1.18. The molecule has 2 aromatic rings. The Bertz CT molecular complexity index is 403. The van der Waals surface area contributed by atoms with Crippen LogP contribution in [-0.4, -0.2) is 7.05 Å². The summed E-state index contributed by atoms with van der Waals surface area (Å²) in [5.41, 5.74) is 2.55. The molecule has 1 heterocycles. The monoisotopic (exact) mass is 177 g/mol. The lowest BCUT2D eigenvalue weighted by Crippen LogP contribution is -1.85. The number of hydrogen-bond acceptors (Lipinski definition) is 2. The summed E-state index contributed by atoms with van der Waals surface area (Å²) in [6.07, 6.45) is 0. The Balaban J connectivity index is 2.71. The van der Waals surface area contributed by atoms with E-state index in [1.54, 1.807) is 11.3 Å². The quantitative estimate of drug-likeness (QED) is 0.705. The van der Waals surface area contributed by atoms with Crippen LogP contribution in [0.5, 0.6) is 0 Å². The molecule has 2 heteroatoms. The van der Waals surface area contributed by atoms with Gasteiger partial charge in [0.25, 0.3) is 0 Å². The molecule has 0 unspecified atom stereocenters. The lowest BCUT2D eigenvalue weighted by atomic mass is 10.2. The normalized spacial score (nSPS) is 10.5. The van der Waals surface area contributed by atoms with Crippen LogP contribution in [0.4, 0.5) is 5.69 Å². The number of aryl methyl sites for hydroxylation is 1. The van der Waals surface area contributed by atoms with Crippen molar-refractivity contribution >= 4 is 27.1 Å². The van der Waals surface area contributed by atoms with Gasteiger partial charge in [0.15, 0.2) is 0 Å². The molecule has 0 fully saturated rings. The first-order valence-electron chi connectivity index (χ1n) is 3.97. The topological polar surface area (TPSA) is 12.0 Å². The summed E-state index contributed by atoms with van der Waals surface area (Å²) in [6, 6.07) is 6.47. The van der Waals surface area contributed by atoms with Gasteiger partial charge in [0, 0.05) is 17.4 Å². The summed E-state index contributed by atoms with van der Waals surface area (Å²) in [4.78, 5) is 0. The van der Waals surface area contributed by atoms with E-state index in [0.29, 0.717) is 0 Å². The largest absolute Gasteiger partial charge is 0.388 e. The van der Waals surface area contributed by atoms with Crippen LogP contribution in [-0.2, 0) is 0 Å². The molecule has 0 aliphatic heterocycles. The second kappa shape index (κ2) is 2.79. The lowest BCUT2D eigenvalue weighted by molar-refractivity contribution is 1.52. The van der Waals surface area contributed by atoms with Crippen molar-refractivity contribution in [1.29, 1.82) is 0 Å². The van der Waals surface area contributed by atoms with Gasteiger partial charge in [-0.15, -0.1) is 11.3 Å². The highest BCUT2D eigenvalue weighted by molar-refractivity contribution is 7.17. The van der Waals surface area contributed by atoms with E-state index in [0.717, 1.165) is 0 Å². The van der Waals surface area contributed by atoms with Gasteiger partial charge >= 0.3 is 0 Å². The standard InChI is InChI=1S/C10H11NS/c1-7-6-12-10-4-3-8(11-2)5-9(7)10/h3-6,11H,1-2H3. The highest BCUT2D eigenvalue weighted by Gasteiger charge is 1.99. The number of nitrogens with one attached hydrogen (secondary N) is 1. The van der Waals surface area contributed by atoms with Crippen LogP contribution < -0.4 is 5.32 Å². The molecular formula is C10H11NS. The summed E-state index contributed by atoms with van der Waals surface area (Å²) in [5, 5.41) is 6.71. The number of benzene rings is 1. The molecule has 1 N–H and O–H groups in total. The predicted molar refractivity (Wildman–Crippen MR) is 56.1 cm³/mol. The molecule has 0 amide bonds. The second-order valence-corrected chi connectivity index (χ2v) is 3.79. The smallest absolute Gasteiger partial charge is 0.0346 e. The van der Waals surface area contributed by atoms with E-state index in [2.05, 4.69) is 35.8 Å². The van der Waals surface area contributed by atoms with Crippen molar-refractivity contribution in [3.63, 3.8) is 0 Å². The minimum Gasteiger partial charge on any atom is -0.388 e. The van der Waals surface area contributed by atoms with Crippen LogP contribution in [0.3, 0.4) is 0 Å². The molecule has 0 spiro atoms. The molecule has 0 aliphatic rings. The number of thiophene rings is 1. The van der Waals surface area contributed by atoms with E-state index < -0.39 is 0 Å².